The number of piperazine rings is 1. The summed E-state index contributed by atoms with van der Waals surface area (Å²) in [6.07, 6.45) is 0. The molecule has 1 fully saturated rings. The fraction of sp³-hybridized carbons (Fsp3) is 0.350. The van der Waals surface area contributed by atoms with Crippen LogP contribution >= 0.6 is 0 Å². The molecule has 0 radical (unpaired) electrons. The van der Waals surface area contributed by atoms with Gasteiger partial charge in [-0.25, -0.2) is 4.79 Å². The van der Waals surface area contributed by atoms with Gasteiger partial charge in [0.15, 0.2) is 0 Å². The molecule has 2 aromatic carbocycles. The first-order chi connectivity index (χ1) is 12.2. The minimum absolute atomic E-state index is 0.326. The molecule has 3 rings (SSSR count). The van der Waals surface area contributed by atoms with E-state index in [-0.39, 0.29) is 5.97 Å². The maximum Gasteiger partial charge on any atom is 0.338 e. The molecule has 5 nitrogen and oxygen atoms in total. The van der Waals surface area contributed by atoms with Crippen molar-refractivity contribution in [2.75, 3.05) is 43.4 Å². The second-order valence-electron chi connectivity index (χ2n) is 6.24. The molecule has 25 heavy (non-hydrogen) atoms. The van der Waals surface area contributed by atoms with Gasteiger partial charge < -0.3 is 15.4 Å². The number of rotatable bonds is 5. The van der Waals surface area contributed by atoms with Gasteiger partial charge in [-0.15, -0.1) is 0 Å². The van der Waals surface area contributed by atoms with Crippen molar-refractivity contribution in [1.82, 2.24) is 4.90 Å². The largest absolute Gasteiger partial charge is 0.462 e. The van der Waals surface area contributed by atoms with E-state index in [1.165, 1.54) is 5.56 Å². The van der Waals surface area contributed by atoms with Crippen molar-refractivity contribution in [2.45, 2.75) is 13.5 Å². The third kappa shape index (κ3) is 4.31. The van der Waals surface area contributed by atoms with Crippen molar-refractivity contribution in [2.24, 2.45) is 0 Å². The molecular weight excluding hydrogens is 314 g/mol. The first kappa shape index (κ1) is 17.3. The van der Waals surface area contributed by atoms with Crippen molar-refractivity contribution in [3.63, 3.8) is 0 Å². The highest BCUT2D eigenvalue weighted by Gasteiger charge is 2.19. The Morgan fingerprint density at radius 1 is 1.08 bits per heavy atom. The molecule has 0 atom stereocenters. The lowest BCUT2D eigenvalue weighted by atomic mass is 10.1. The topological polar surface area (TPSA) is 58.8 Å². The van der Waals surface area contributed by atoms with Crippen LogP contribution in [0.25, 0.3) is 0 Å². The van der Waals surface area contributed by atoms with Crippen LogP contribution in [-0.4, -0.2) is 43.7 Å². The monoisotopic (exact) mass is 339 g/mol. The minimum Gasteiger partial charge on any atom is -0.462 e. The van der Waals surface area contributed by atoms with Crippen LogP contribution in [0.5, 0.6) is 0 Å². The molecule has 5 heteroatoms. The van der Waals surface area contributed by atoms with Gasteiger partial charge in [-0.05, 0) is 30.7 Å². The van der Waals surface area contributed by atoms with Crippen LogP contribution in [-0.2, 0) is 11.3 Å². The van der Waals surface area contributed by atoms with Gasteiger partial charge in [0, 0.05) is 32.7 Å². The van der Waals surface area contributed by atoms with E-state index in [0.29, 0.717) is 17.9 Å². The number of carbonyl (C=O) groups is 1. The fourth-order valence-electron chi connectivity index (χ4n) is 3.17. The lowest BCUT2D eigenvalue weighted by Crippen LogP contribution is -2.46. The second kappa shape index (κ2) is 8.03. The zero-order valence-corrected chi connectivity index (χ0v) is 14.6. The molecule has 2 N–H and O–H groups in total. The van der Waals surface area contributed by atoms with Crippen molar-refractivity contribution in [3.8, 4) is 0 Å². The smallest absolute Gasteiger partial charge is 0.338 e. The van der Waals surface area contributed by atoms with Gasteiger partial charge in [-0.1, -0.05) is 30.3 Å². The third-order valence-corrected chi connectivity index (χ3v) is 4.50. The average Bonchev–Trinajstić information content (AvgIpc) is 2.63. The van der Waals surface area contributed by atoms with Crippen molar-refractivity contribution in [3.05, 3.63) is 59.7 Å². The van der Waals surface area contributed by atoms with Gasteiger partial charge in [0.1, 0.15) is 0 Å². The SMILES string of the molecule is CCOC(=O)c1ccc(N2CCN(Cc3ccccc3)CC2)c(N)c1. The van der Waals surface area contributed by atoms with Crippen molar-refractivity contribution in [1.29, 1.82) is 0 Å². The van der Waals surface area contributed by atoms with Gasteiger partial charge in [0.2, 0.25) is 0 Å². The molecule has 0 aromatic heterocycles. The van der Waals surface area contributed by atoms with E-state index in [0.717, 1.165) is 38.4 Å². The third-order valence-electron chi connectivity index (χ3n) is 4.50. The number of hydrogen-bond donors (Lipinski definition) is 1. The Hall–Kier alpha value is -2.53. The highest BCUT2D eigenvalue weighted by molar-refractivity contribution is 5.92. The second-order valence-corrected chi connectivity index (χ2v) is 6.24. The molecule has 0 saturated carbocycles. The zero-order valence-electron chi connectivity index (χ0n) is 14.6. The number of carbonyl (C=O) groups excluding carboxylic acids is 1. The van der Waals surface area contributed by atoms with Gasteiger partial charge in [-0.3, -0.25) is 4.90 Å². The van der Waals surface area contributed by atoms with Crippen LogP contribution in [0.3, 0.4) is 0 Å². The molecular formula is C20H25N3O2. The predicted molar refractivity (Wildman–Crippen MR) is 101 cm³/mol. The van der Waals surface area contributed by atoms with Crippen LogP contribution in [0.4, 0.5) is 11.4 Å². The van der Waals surface area contributed by atoms with Crippen LogP contribution in [0, 0.1) is 0 Å². The molecule has 2 aromatic rings. The van der Waals surface area contributed by atoms with E-state index in [9.17, 15) is 4.79 Å². The van der Waals surface area contributed by atoms with Crippen LogP contribution in [0.2, 0.25) is 0 Å². The van der Waals surface area contributed by atoms with Gasteiger partial charge in [-0.2, -0.15) is 0 Å². The Labute approximate surface area is 149 Å². The highest BCUT2D eigenvalue weighted by Crippen LogP contribution is 2.26. The number of nitrogens with zero attached hydrogens (tertiary/aromatic N) is 2. The molecule has 0 unspecified atom stereocenters. The summed E-state index contributed by atoms with van der Waals surface area (Å²) >= 11 is 0. The highest BCUT2D eigenvalue weighted by atomic mass is 16.5. The van der Waals surface area contributed by atoms with Crippen LogP contribution in [0.15, 0.2) is 48.5 Å². The lowest BCUT2D eigenvalue weighted by Gasteiger charge is -2.36. The Morgan fingerprint density at radius 3 is 2.44 bits per heavy atom. The number of benzene rings is 2. The summed E-state index contributed by atoms with van der Waals surface area (Å²) in [4.78, 5) is 16.5. The molecule has 0 aliphatic carbocycles. The Balaban J connectivity index is 1.60. The molecule has 0 spiro atoms. The predicted octanol–water partition coefficient (Wildman–Crippen LogP) is 2.77. The van der Waals surface area contributed by atoms with E-state index in [1.807, 2.05) is 12.1 Å². The Kier molecular flexibility index (Phi) is 5.56. The number of nitrogens with two attached hydrogens (primary N) is 1. The minimum atomic E-state index is -0.326. The van der Waals surface area contributed by atoms with Crippen molar-refractivity contribution >= 4 is 17.3 Å². The maximum absolute atomic E-state index is 11.8. The summed E-state index contributed by atoms with van der Waals surface area (Å²) in [6, 6.07) is 16.0. The molecule has 0 amide bonds. The number of nitrogen functional groups attached to an aromatic ring is 1. The van der Waals surface area contributed by atoms with Crippen LogP contribution in [0.1, 0.15) is 22.8 Å². The first-order valence-electron chi connectivity index (χ1n) is 8.75. The van der Waals surface area contributed by atoms with Gasteiger partial charge in [0.05, 0.1) is 23.5 Å². The van der Waals surface area contributed by atoms with Crippen molar-refractivity contribution < 1.29 is 9.53 Å². The lowest BCUT2D eigenvalue weighted by molar-refractivity contribution is 0.0526. The molecule has 1 saturated heterocycles. The summed E-state index contributed by atoms with van der Waals surface area (Å²) in [6.45, 7) is 6.98. The van der Waals surface area contributed by atoms with E-state index >= 15 is 0 Å². The standard InChI is InChI=1S/C20H25N3O2/c1-2-25-20(24)17-8-9-19(18(21)14-17)23-12-10-22(11-13-23)15-16-6-4-3-5-7-16/h3-9,14H,2,10-13,15,21H2,1H3. The summed E-state index contributed by atoms with van der Waals surface area (Å²) < 4.78 is 5.02. The number of esters is 1. The molecule has 1 aliphatic rings. The molecule has 1 heterocycles. The van der Waals surface area contributed by atoms with E-state index < -0.39 is 0 Å². The van der Waals surface area contributed by atoms with Gasteiger partial charge in [0.25, 0.3) is 0 Å². The normalized spacial score (nSPS) is 15.2. The number of anilines is 2. The summed E-state index contributed by atoms with van der Waals surface area (Å²) in [5, 5.41) is 0. The van der Waals surface area contributed by atoms with Gasteiger partial charge >= 0.3 is 5.97 Å². The maximum atomic E-state index is 11.8. The first-order valence-corrected chi connectivity index (χ1v) is 8.75. The Bertz CT molecular complexity index is 710. The molecule has 132 valence electrons. The average molecular weight is 339 g/mol. The van der Waals surface area contributed by atoms with E-state index in [1.54, 1.807) is 19.1 Å². The summed E-state index contributed by atoms with van der Waals surface area (Å²) in [5.41, 5.74) is 9.65. The van der Waals surface area contributed by atoms with E-state index in [4.69, 9.17) is 10.5 Å². The molecule has 0 bridgehead atoms. The molecule has 1 aliphatic heterocycles. The Morgan fingerprint density at radius 2 is 1.80 bits per heavy atom. The van der Waals surface area contributed by atoms with E-state index in [2.05, 4.69) is 34.1 Å². The van der Waals surface area contributed by atoms with Crippen LogP contribution < -0.4 is 10.6 Å². The number of ether oxygens (including phenoxy) is 1. The quantitative estimate of drug-likeness (QED) is 0.670. The number of hydrogen-bond acceptors (Lipinski definition) is 5. The summed E-state index contributed by atoms with van der Waals surface area (Å²) in [7, 11) is 0. The fourth-order valence-corrected chi connectivity index (χ4v) is 3.17. The zero-order chi connectivity index (χ0) is 17.6. The summed E-state index contributed by atoms with van der Waals surface area (Å²) in [5.74, 6) is -0.326.